The Morgan fingerprint density at radius 3 is 2.08 bits per heavy atom. The van der Waals surface area contributed by atoms with E-state index in [1.54, 1.807) is 20.3 Å². The number of hydrogen-bond acceptors (Lipinski definition) is 6. The van der Waals surface area contributed by atoms with Crippen LogP contribution in [-0.4, -0.2) is 33.2 Å². The second-order valence-corrected chi connectivity index (χ2v) is 1.30. The molecule has 0 saturated carbocycles. The summed E-state index contributed by atoms with van der Waals surface area (Å²) in [4.78, 5) is 9.34. The van der Waals surface area contributed by atoms with Crippen molar-refractivity contribution in [3.63, 3.8) is 0 Å². The standard InChI is InChI=1S/C3H6N2O2.C3H8N2/c1-4-5-2-7-3-6;1-3-5-4-2/h2-4H,1H3;3-4H,1-2H3. The molecule has 0 bridgehead atoms. The SMILES string of the molecule is CC=NNC.CNN=COC=O. The van der Waals surface area contributed by atoms with Gasteiger partial charge in [-0.3, -0.25) is 4.79 Å². The zero-order valence-electron chi connectivity index (χ0n) is 7.44. The molecule has 0 rings (SSSR count). The van der Waals surface area contributed by atoms with E-state index in [2.05, 4.69) is 25.8 Å². The number of rotatable bonds is 4. The first kappa shape index (κ1) is 13.0. The van der Waals surface area contributed by atoms with Crippen molar-refractivity contribution in [1.82, 2.24) is 10.9 Å². The van der Waals surface area contributed by atoms with Crippen molar-refractivity contribution in [2.45, 2.75) is 6.92 Å². The second kappa shape index (κ2) is 16.2. The van der Waals surface area contributed by atoms with Gasteiger partial charge in [0.15, 0.2) is 0 Å². The highest BCUT2D eigenvalue weighted by Gasteiger charge is 1.62. The van der Waals surface area contributed by atoms with Crippen LogP contribution in [0.2, 0.25) is 0 Å². The lowest BCUT2D eigenvalue weighted by Gasteiger charge is -1.81. The Bertz CT molecular complexity index is 136. The highest BCUT2D eigenvalue weighted by Crippen LogP contribution is 1.52. The fourth-order valence-electron chi connectivity index (χ4n) is 0.237. The largest absolute Gasteiger partial charge is 0.415 e. The summed E-state index contributed by atoms with van der Waals surface area (Å²) in [5.74, 6) is 0. The third-order valence-electron chi connectivity index (χ3n) is 0.556. The minimum absolute atomic E-state index is 0.292. The van der Waals surface area contributed by atoms with E-state index in [9.17, 15) is 4.79 Å². The van der Waals surface area contributed by atoms with Crippen LogP contribution in [0, 0.1) is 0 Å². The Morgan fingerprint density at radius 1 is 1.25 bits per heavy atom. The van der Waals surface area contributed by atoms with Gasteiger partial charge in [-0.1, -0.05) is 0 Å². The van der Waals surface area contributed by atoms with Gasteiger partial charge in [0.05, 0.1) is 0 Å². The third kappa shape index (κ3) is 23.7. The fraction of sp³-hybridized carbons (Fsp3) is 0.500. The van der Waals surface area contributed by atoms with Gasteiger partial charge in [-0.2, -0.15) is 5.10 Å². The van der Waals surface area contributed by atoms with Gasteiger partial charge in [-0.15, -0.1) is 5.10 Å². The maximum Gasteiger partial charge on any atom is 0.299 e. The smallest absolute Gasteiger partial charge is 0.299 e. The first-order valence-corrected chi connectivity index (χ1v) is 3.25. The number of carbonyl (C=O) groups excluding carboxylic acids is 1. The lowest BCUT2D eigenvalue weighted by atomic mass is 10.9. The highest BCUT2D eigenvalue weighted by molar-refractivity contribution is 5.59. The topological polar surface area (TPSA) is 75.1 Å². The van der Waals surface area contributed by atoms with E-state index in [1.165, 1.54) is 0 Å². The zero-order valence-corrected chi connectivity index (χ0v) is 7.44. The van der Waals surface area contributed by atoms with Crippen LogP contribution >= 0.6 is 0 Å². The van der Waals surface area contributed by atoms with Crippen LogP contribution in [0.4, 0.5) is 0 Å². The van der Waals surface area contributed by atoms with E-state index in [0.717, 1.165) is 6.40 Å². The van der Waals surface area contributed by atoms with Crippen molar-refractivity contribution in [2.75, 3.05) is 14.1 Å². The van der Waals surface area contributed by atoms with Crippen molar-refractivity contribution in [3.05, 3.63) is 0 Å². The molecule has 0 aromatic heterocycles. The Labute approximate surface area is 71.7 Å². The molecule has 0 aliphatic rings. The summed E-state index contributed by atoms with van der Waals surface area (Å²) < 4.78 is 4.04. The van der Waals surface area contributed by atoms with E-state index < -0.39 is 0 Å². The normalized spacial score (nSPS) is 8.92. The average Bonchev–Trinajstić information content (AvgIpc) is 2.08. The minimum atomic E-state index is 0.292. The molecular formula is C6H14N4O2. The minimum Gasteiger partial charge on any atom is -0.415 e. The molecule has 0 saturated heterocycles. The summed E-state index contributed by atoms with van der Waals surface area (Å²) >= 11 is 0. The van der Waals surface area contributed by atoms with Crippen LogP contribution in [0.1, 0.15) is 6.92 Å². The summed E-state index contributed by atoms with van der Waals surface area (Å²) in [5.41, 5.74) is 4.97. The van der Waals surface area contributed by atoms with Gasteiger partial charge < -0.3 is 15.6 Å². The molecule has 2 N–H and O–H groups in total. The number of nitrogens with zero attached hydrogens (tertiary/aromatic N) is 2. The van der Waals surface area contributed by atoms with Crippen LogP contribution < -0.4 is 10.9 Å². The number of hydrogen-bond donors (Lipinski definition) is 2. The van der Waals surface area contributed by atoms with Crippen LogP contribution in [0.3, 0.4) is 0 Å². The van der Waals surface area contributed by atoms with Crippen molar-refractivity contribution in [2.24, 2.45) is 10.2 Å². The van der Waals surface area contributed by atoms with Crippen LogP contribution in [-0.2, 0) is 9.53 Å². The first-order chi connectivity index (χ1) is 5.83. The van der Waals surface area contributed by atoms with Crippen molar-refractivity contribution in [3.8, 4) is 0 Å². The summed E-state index contributed by atoms with van der Waals surface area (Å²) in [6.45, 7) is 2.15. The van der Waals surface area contributed by atoms with Gasteiger partial charge in [-0.05, 0) is 6.92 Å². The molecule has 6 heteroatoms. The molecule has 12 heavy (non-hydrogen) atoms. The summed E-state index contributed by atoms with van der Waals surface area (Å²) in [6, 6.07) is 0. The van der Waals surface area contributed by atoms with Gasteiger partial charge in [-0.25, -0.2) is 0 Å². The third-order valence-corrected chi connectivity index (χ3v) is 0.556. The maximum absolute atomic E-state index is 9.34. The number of hydrazone groups is 2. The molecule has 0 amide bonds. The van der Waals surface area contributed by atoms with Crippen molar-refractivity contribution in [1.29, 1.82) is 0 Å². The number of ether oxygens (including phenoxy) is 1. The van der Waals surface area contributed by atoms with E-state index in [-0.39, 0.29) is 0 Å². The Morgan fingerprint density at radius 2 is 1.83 bits per heavy atom. The van der Waals surface area contributed by atoms with Crippen molar-refractivity contribution < 1.29 is 9.53 Å². The van der Waals surface area contributed by atoms with Gasteiger partial charge >= 0.3 is 0 Å². The van der Waals surface area contributed by atoms with Gasteiger partial charge in [0.25, 0.3) is 6.47 Å². The lowest BCUT2D eigenvalue weighted by Crippen LogP contribution is -1.95. The molecule has 0 unspecified atom stereocenters. The molecule has 0 aromatic carbocycles. The number of nitrogens with one attached hydrogen (secondary N) is 2. The molecule has 0 spiro atoms. The molecule has 0 fully saturated rings. The van der Waals surface area contributed by atoms with E-state index >= 15 is 0 Å². The molecule has 0 aromatic rings. The molecule has 0 aliphatic carbocycles. The Kier molecular flexibility index (Phi) is 17.6. The maximum atomic E-state index is 9.34. The highest BCUT2D eigenvalue weighted by atomic mass is 16.5. The summed E-state index contributed by atoms with van der Waals surface area (Å²) in [6.07, 6.45) is 2.70. The monoisotopic (exact) mass is 174 g/mol. The molecule has 0 aliphatic heterocycles. The lowest BCUT2D eigenvalue weighted by molar-refractivity contribution is -0.121. The number of carbonyl (C=O) groups is 1. The van der Waals surface area contributed by atoms with Crippen LogP contribution in [0.15, 0.2) is 10.2 Å². The fourth-order valence-corrected chi connectivity index (χ4v) is 0.237. The second-order valence-electron chi connectivity index (χ2n) is 1.30. The molecular weight excluding hydrogens is 160 g/mol. The quantitative estimate of drug-likeness (QED) is 0.261. The predicted molar refractivity (Wildman–Crippen MR) is 47.9 cm³/mol. The first-order valence-electron chi connectivity index (χ1n) is 3.25. The molecule has 6 nitrogen and oxygen atoms in total. The van der Waals surface area contributed by atoms with Gasteiger partial charge in [0.1, 0.15) is 0 Å². The molecule has 0 atom stereocenters. The van der Waals surface area contributed by atoms with E-state index in [4.69, 9.17) is 0 Å². The summed E-state index contributed by atoms with van der Waals surface area (Å²) in [7, 11) is 3.37. The average molecular weight is 174 g/mol. The Hall–Kier alpha value is -1.59. The van der Waals surface area contributed by atoms with Crippen LogP contribution in [0.25, 0.3) is 0 Å². The zero-order chi connectivity index (χ0) is 9.66. The summed E-state index contributed by atoms with van der Waals surface area (Å²) in [5, 5.41) is 6.93. The predicted octanol–water partition coefficient (Wildman–Crippen LogP) is -0.466. The van der Waals surface area contributed by atoms with Crippen molar-refractivity contribution >= 4 is 19.1 Å². The van der Waals surface area contributed by atoms with Gasteiger partial charge in [0, 0.05) is 20.3 Å². The van der Waals surface area contributed by atoms with Gasteiger partial charge in [0.2, 0.25) is 6.40 Å². The molecule has 0 radical (unpaired) electrons. The van der Waals surface area contributed by atoms with Crippen LogP contribution in [0.5, 0.6) is 0 Å². The Balaban J connectivity index is 0. The van der Waals surface area contributed by atoms with E-state index in [1.807, 2.05) is 6.92 Å². The van der Waals surface area contributed by atoms with E-state index in [0.29, 0.717) is 6.47 Å². The molecule has 0 heterocycles. The molecule has 70 valence electrons.